The normalized spacial score (nSPS) is 10.4. The Labute approximate surface area is 126 Å². The largest absolute Gasteiger partial charge is 0.477 e. The molecule has 3 rings (SSSR count). The first-order valence-corrected chi connectivity index (χ1v) is 6.69. The zero-order valence-electron chi connectivity index (χ0n) is 11.5. The molecule has 1 heterocycles. The molecule has 0 aliphatic heterocycles. The molecule has 0 aliphatic carbocycles. The Bertz CT molecular complexity index is 865. The van der Waals surface area contributed by atoms with Gasteiger partial charge in [0.15, 0.2) is 5.76 Å². The van der Waals surface area contributed by atoms with Crippen LogP contribution in [0.3, 0.4) is 0 Å². The highest BCUT2D eigenvalue weighted by Crippen LogP contribution is 2.27. The minimum absolute atomic E-state index is 0.0689. The molecule has 4 nitrogen and oxygen atoms in total. The van der Waals surface area contributed by atoms with Gasteiger partial charge in [-0.1, -0.05) is 60.7 Å². The molecule has 0 spiro atoms. The van der Waals surface area contributed by atoms with Gasteiger partial charge in [-0.15, -0.1) is 0 Å². The molecular weight excluding hydrogens is 280 g/mol. The van der Waals surface area contributed by atoms with E-state index in [1.807, 2.05) is 24.3 Å². The van der Waals surface area contributed by atoms with Crippen LogP contribution in [0, 0.1) is 0 Å². The van der Waals surface area contributed by atoms with Crippen molar-refractivity contribution in [1.29, 1.82) is 0 Å². The van der Waals surface area contributed by atoms with Gasteiger partial charge in [0.25, 0.3) is 0 Å². The Morgan fingerprint density at radius 3 is 1.95 bits per heavy atom. The van der Waals surface area contributed by atoms with Crippen LogP contribution in [0.5, 0.6) is 0 Å². The van der Waals surface area contributed by atoms with Crippen molar-refractivity contribution in [3.63, 3.8) is 0 Å². The van der Waals surface area contributed by atoms with Crippen molar-refractivity contribution >= 4 is 5.97 Å². The first-order valence-electron chi connectivity index (χ1n) is 6.69. The van der Waals surface area contributed by atoms with Crippen molar-refractivity contribution in [2.75, 3.05) is 0 Å². The SMILES string of the molecule is O=C(O)c1c(-c2ccccc2)oc(-c2ccccc2)cc1=O. The highest BCUT2D eigenvalue weighted by atomic mass is 16.4. The summed E-state index contributed by atoms with van der Waals surface area (Å²) in [5.74, 6) is -0.888. The Morgan fingerprint density at radius 1 is 0.864 bits per heavy atom. The Morgan fingerprint density at radius 2 is 1.41 bits per heavy atom. The van der Waals surface area contributed by atoms with Gasteiger partial charge in [0.2, 0.25) is 5.43 Å². The number of carboxylic acids is 1. The first-order chi connectivity index (χ1) is 10.7. The van der Waals surface area contributed by atoms with Crippen LogP contribution in [-0.4, -0.2) is 11.1 Å². The minimum atomic E-state index is -1.30. The van der Waals surface area contributed by atoms with Crippen LogP contribution in [0.4, 0.5) is 0 Å². The molecule has 0 aliphatic rings. The zero-order chi connectivity index (χ0) is 15.5. The molecule has 1 aromatic heterocycles. The molecule has 3 aromatic rings. The molecule has 0 radical (unpaired) electrons. The topological polar surface area (TPSA) is 67.5 Å². The highest BCUT2D eigenvalue weighted by Gasteiger charge is 2.20. The third-order valence-corrected chi connectivity index (χ3v) is 3.26. The van der Waals surface area contributed by atoms with E-state index in [1.165, 1.54) is 6.07 Å². The number of aromatic carboxylic acids is 1. The van der Waals surface area contributed by atoms with Gasteiger partial charge in [-0.05, 0) is 0 Å². The average molecular weight is 292 g/mol. The summed E-state index contributed by atoms with van der Waals surface area (Å²) in [5.41, 5.74) is 0.339. The highest BCUT2D eigenvalue weighted by molar-refractivity contribution is 5.94. The Balaban J connectivity index is 2.29. The van der Waals surface area contributed by atoms with E-state index in [-0.39, 0.29) is 11.3 Å². The third kappa shape index (κ3) is 2.54. The molecule has 4 heteroatoms. The molecule has 22 heavy (non-hydrogen) atoms. The predicted molar refractivity (Wildman–Crippen MR) is 82.8 cm³/mol. The minimum Gasteiger partial charge on any atom is -0.477 e. The molecule has 0 fully saturated rings. The van der Waals surface area contributed by atoms with E-state index in [9.17, 15) is 14.7 Å². The summed E-state index contributed by atoms with van der Waals surface area (Å²) in [6.45, 7) is 0. The third-order valence-electron chi connectivity index (χ3n) is 3.26. The zero-order valence-corrected chi connectivity index (χ0v) is 11.5. The van der Waals surface area contributed by atoms with Crippen LogP contribution < -0.4 is 5.43 Å². The van der Waals surface area contributed by atoms with Gasteiger partial charge >= 0.3 is 5.97 Å². The fraction of sp³-hybridized carbons (Fsp3) is 0. The molecule has 2 aromatic carbocycles. The number of hydrogen-bond donors (Lipinski definition) is 1. The maximum atomic E-state index is 12.2. The fourth-order valence-electron chi connectivity index (χ4n) is 2.23. The van der Waals surface area contributed by atoms with E-state index in [1.54, 1.807) is 36.4 Å². The van der Waals surface area contributed by atoms with Crippen molar-refractivity contribution < 1.29 is 14.3 Å². The van der Waals surface area contributed by atoms with E-state index >= 15 is 0 Å². The van der Waals surface area contributed by atoms with E-state index in [4.69, 9.17) is 4.42 Å². The first kappa shape index (κ1) is 13.8. The number of benzene rings is 2. The monoisotopic (exact) mass is 292 g/mol. The van der Waals surface area contributed by atoms with Crippen LogP contribution in [0.25, 0.3) is 22.6 Å². The van der Waals surface area contributed by atoms with Crippen molar-refractivity contribution in [1.82, 2.24) is 0 Å². The van der Waals surface area contributed by atoms with E-state index in [0.29, 0.717) is 16.9 Å². The summed E-state index contributed by atoms with van der Waals surface area (Å²) in [6.07, 6.45) is 0. The standard InChI is InChI=1S/C18H12O4/c19-14-11-15(12-7-3-1-4-8-12)22-17(16(14)18(20)21)13-9-5-2-6-10-13/h1-11H,(H,20,21). The summed E-state index contributed by atoms with van der Waals surface area (Å²) < 4.78 is 5.74. The number of carbonyl (C=O) groups is 1. The molecule has 0 amide bonds. The summed E-state index contributed by atoms with van der Waals surface area (Å²) in [7, 11) is 0. The lowest BCUT2D eigenvalue weighted by Crippen LogP contribution is -2.15. The number of hydrogen-bond acceptors (Lipinski definition) is 3. The molecule has 1 N–H and O–H groups in total. The quantitative estimate of drug-likeness (QED) is 0.799. The van der Waals surface area contributed by atoms with Gasteiger partial charge in [0.1, 0.15) is 11.3 Å². The van der Waals surface area contributed by atoms with Crippen LogP contribution in [0.2, 0.25) is 0 Å². The van der Waals surface area contributed by atoms with E-state index in [0.717, 1.165) is 0 Å². The fourth-order valence-corrected chi connectivity index (χ4v) is 2.23. The van der Waals surface area contributed by atoms with Gasteiger partial charge in [-0.25, -0.2) is 4.79 Å². The lowest BCUT2D eigenvalue weighted by atomic mass is 10.1. The second kappa shape index (κ2) is 5.69. The Kier molecular flexibility index (Phi) is 3.58. The molecular formula is C18H12O4. The van der Waals surface area contributed by atoms with Crippen molar-refractivity contribution in [2.24, 2.45) is 0 Å². The van der Waals surface area contributed by atoms with Crippen molar-refractivity contribution in [3.8, 4) is 22.6 Å². The lowest BCUT2D eigenvalue weighted by Gasteiger charge is -2.08. The molecule has 0 bridgehead atoms. The van der Waals surface area contributed by atoms with Gasteiger partial charge in [0.05, 0.1) is 0 Å². The maximum absolute atomic E-state index is 12.2. The smallest absolute Gasteiger partial charge is 0.343 e. The second-order valence-electron chi connectivity index (χ2n) is 4.72. The van der Waals surface area contributed by atoms with Gasteiger partial charge in [-0.2, -0.15) is 0 Å². The van der Waals surface area contributed by atoms with Gasteiger partial charge < -0.3 is 9.52 Å². The van der Waals surface area contributed by atoms with Crippen molar-refractivity contribution in [2.45, 2.75) is 0 Å². The maximum Gasteiger partial charge on any atom is 0.343 e. The molecule has 0 saturated carbocycles. The van der Waals surface area contributed by atoms with Gasteiger partial charge in [-0.3, -0.25) is 4.79 Å². The number of rotatable bonds is 3. The molecule has 0 unspecified atom stereocenters. The Hall–Kier alpha value is -3.14. The molecule has 108 valence electrons. The van der Waals surface area contributed by atoms with Crippen molar-refractivity contribution in [3.05, 3.63) is 82.5 Å². The van der Waals surface area contributed by atoms with Crippen LogP contribution in [-0.2, 0) is 0 Å². The summed E-state index contributed by atoms with van der Waals surface area (Å²) in [4.78, 5) is 23.6. The number of carboxylic acid groups (broad SMARTS) is 1. The molecule has 0 saturated heterocycles. The average Bonchev–Trinajstić information content (AvgIpc) is 2.55. The summed E-state index contributed by atoms with van der Waals surface area (Å²) in [5, 5.41) is 9.31. The van der Waals surface area contributed by atoms with E-state index < -0.39 is 11.4 Å². The molecule has 0 atom stereocenters. The van der Waals surface area contributed by atoms with Crippen LogP contribution in [0.15, 0.2) is 75.9 Å². The lowest BCUT2D eigenvalue weighted by molar-refractivity contribution is 0.0694. The van der Waals surface area contributed by atoms with Gasteiger partial charge in [0, 0.05) is 17.2 Å². The summed E-state index contributed by atoms with van der Waals surface area (Å²) >= 11 is 0. The van der Waals surface area contributed by atoms with Crippen LogP contribution in [0.1, 0.15) is 10.4 Å². The summed E-state index contributed by atoms with van der Waals surface area (Å²) in [6, 6.07) is 19.1. The van der Waals surface area contributed by atoms with E-state index in [2.05, 4.69) is 0 Å². The van der Waals surface area contributed by atoms with Crippen LogP contribution >= 0.6 is 0 Å². The second-order valence-corrected chi connectivity index (χ2v) is 4.72. The predicted octanol–water partition coefficient (Wildman–Crippen LogP) is 3.67.